The lowest BCUT2D eigenvalue weighted by atomic mass is 10.1. The Hall–Kier alpha value is -1.25. The van der Waals surface area contributed by atoms with Gasteiger partial charge in [-0.05, 0) is 25.7 Å². The Bertz CT molecular complexity index is 618. The summed E-state index contributed by atoms with van der Waals surface area (Å²) in [4.78, 5) is 33.1. The second-order valence-corrected chi connectivity index (χ2v) is 10.5. The van der Waals surface area contributed by atoms with E-state index >= 15 is 0 Å². The van der Waals surface area contributed by atoms with Crippen LogP contribution in [0.2, 0.25) is 0 Å². The molecule has 0 aliphatic carbocycles. The van der Waals surface area contributed by atoms with Gasteiger partial charge in [-0.2, -0.15) is 0 Å². The van der Waals surface area contributed by atoms with E-state index in [1.807, 2.05) is 21.1 Å². The lowest BCUT2D eigenvalue weighted by Gasteiger charge is -2.24. The number of hydrogen-bond donors (Lipinski definition) is 1. The number of phosphoric acid groups is 1. The van der Waals surface area contributed by atoms with E-state index in [1.165, 1.54) is 13.3 Å². The van der Waals surface area contributed by atoms with Crippen molar-refractivity contribution in [1.29, 1.82) is 0 Å². The lowest BCUT2D eigenvalue weighted by molar-refractivity contribution is -0.870. The molecule has 0 aromatic rings. The minimum atomic E-state index is -4.32. The maximum absolute atomic E-state index is 12.1. The molecule has 2 atom stereocenters. The number of hydrogen-bond acceptors (Lipinski definition) is 7. The molecule has 0 rings (SSSR count). The van der Waals surface area contributed by atoms with Gasteiger partial charge in [0, 0.05) is 13.3 Å². The first kappa shape index (κ1) is 31.8. The predicted octanol–water partition coefficient (Wildman–Crippen LogP) is 4.39. The van der Waals surface area contributed by atoms with E-state index in [0.717, 1.165) is 38.5 Å². The van der Waals surface area contributed by atoms with Gasteiger partial charge in [-0.25, -0.2) is 4.57 Å². The third-order valence-corrected chi connectivity index (χ3v) is 5.57. The first-order valence-electron chi connectivity index (χ1n) is 11.9. The summed E-state index contributed by atoms with van der Waals surface area (Å²) in [6.45, 7) is 3.25. The van der Waals surface area contributed by atoms with Crippen molar-refractivity contribution in [3.63, 3.8) is 0 Å². The Morgan fingerprint density at radius 2 is 1.61 bits per heavy atom. The Balaban J connectivity index is 4.26. The molecule has 0 bridgehead atoms. The standard InChI is InChI=1S/C23H44NO8P/c1-6-7-8-9-10-11-12-13-14-15-16-23(26)32-22(19-29-21(2)25)20-31-33(27,28)30-18-17-24(3,4)5/h8-9,22H,6-7,10-20H2,1-5H3/p+1/b9-8-. The molecule has 9 nitrogen and oxygen atoms in total. The van der Waals surface area contributed by atoms with Crippen molar-refractivity contribution < 1.29 is 42.1 Å². The number of quaternary nitrogens is 1. The SMILES string of the molecule is CCC/C=C\CCCCCCCC(=O)OC(COC(C)=O)COP(=O)(O)OCC[N+](C)(C)C. The maximum atomic E-state index is 12.1. The second-order valence-electron chi connectivity index (χ2n) is 9.09. The number of phosphoric ester groups is 1. The summed E-state index contributed by atoms with van der Waals surface area (Å²) in [5, 5.41) is 0. The molecule has 0 radical (unpaired) electrons. The Morgan fingerprint density at radius 3 is 2.24 bits per heavy atom. The van der Waals surface area contributed by atoms with Gasteiger partial charge in [0.25, 0.3) is 0 Å². The van der Waals surface area contributed by atoms with Crippen molar-refractivity contribution in [1.82, 2.24) is 0 Å². The molecule has 2 unspecified atom stereocenters. The smallest absolute Gasteiger partial charge is 0.462 e. The van der Waals surface area contributed by atoms with Crippen LogP contribution in [0.15, 0.2) is 12.2 Å². The van der Waals surface area contributed by atoms with Gasteiger partial charge in [0.1, 0.15) is 19.8 Å². The number of likely N-dealkylation sites (N-methyl/N-ethyl adjacent to an activating group) is 1. The van der Waals surface area contributed by atoms with E-state index in [9.17, 15) is 19.0 Å². The van der Waals surface area contributed by atoms with Crippen LogP contribution in [-0.4, -0.2) is 74.9 Å². The minimum absolute atomic E-state index is 0.0285. The molecule has 194 valence electrons. The molecular weight excluding hydrogens is 449 g/mol. The number of carbonyl (C=O) groups is 2. The van der Waals surface area contributed by atoms with Crippen LogP contribution in [-0.2, 0) is 32.7 Å². The van der Waals surface area contributed by atoms with E-state index < -0.39 is 32.5 Å². The van der Waals surface area contributed by atoms with Crippen molar-refractivity contribution in [3.05, 3.63) is 12.2 Å². The van der Waals surface area contributed by atoms with Crippen molar-refractivity contribution in [2.24, 2.45) is 0 Å². The molecular formula is C23H45NO8P+. The highest BCUT2D eigenvalue weighted by molar-refractivity contribution is 7.47. The van der Waals surface area contributed by atoms with Crippen LogP contribution < -0.4 is 0 Å². The molecule has 0 aliphatic rings. The molecule has 0 aromatic carbocycles. The maximum Gasteiger partial charge on any atom is 0.472 e. The van der Waals surface area contributed by atoms with Crippen LogP contribution >= 0.6 is 7.82 Å². The van der Waals surface area contributed by atoms with Gasteiger partial charge in [-0.1, -0.05) is 44.8 Å². The summed E-state index contributed by atoms with van der Waals surface area (Å²) < 4.78 is 32.7. The second kappa shape index (κ2) is 18.1. The third-order valence-electron chi connectivity index (χ3n) is 4.58. The highest BCUT2D eigenvalue weighted by Gasteiger charge is 2.26. The van der Waals surface area contributed by atoms with Gasteiger partial charge < -0.3 is 18.9 Å². The first-order valence-corrected chi connectivity index (χ1v) is 13.3. The molecule has 0 heterocycles. The number of unbranched alkanes of at least 4 members (excludes halogenated alkanes) is 6. The molecule has 33 heavy (non-hydrogen) atoms. The Kier molecular flexibility index (Phi) is 17.4. The fourth-order valence-electron chi connectivity index (χ4n) is 2.68. The Labute approximate surface area is 199 Å². The van der Waals surface area contributed by atoms with E-state index in [1.54, 1.807) is 0 Å². The van der Waals surface area contributed by atoms with E-state index in [4.69, 9.17) is 18.5 Å². The first-order chi connectivity index (χ1) is 15.4. The molecule has 0 saturated heterocycles. The zero-order valence-corrected chi connectivity index (χ0v) is 22.0. The average Bonchev–Trinajstić information content (AvgIpc) is 2.70. The van der Waals surface area contributed by atoms with E-state index in [0.29, 0.717) is 17.4 Å². The fraction of sp³-hybridized carbons (Fsp3) is 0.826. The topological polar surface area (TPSA) is 108 Å². The molecule has 0 amide bonds. The molecule has 0 saturated carbocycles. The third kappa shape index (κ3) is 22.3. The van der Waals surface area contributed by atoms with Crippen LogP contribution in [0.5, 0.6) is 0 Å². The van der Waals surface area contributed by atoms with Gasteiger partial charge in [0.15, 0.2) is 6.10 Å². The molecule has 1 N–H and O–H groups in total. The zero-order chi connectivity index (χ0) is 25.2. The van der Waals surface area contributed by atoms with Gasteiger partial charge in [0.2, 0.25) is 0 Å². The number of nitrogens with zero attached hydrogens (tertiary/aromatic N) is 1. The Morgan fingerprint density at radius 1 is 0.970 bits per heavy atom. The zero-order valence-electron chi connectivity index (χ0n) is 21.1. The molecule has 10 heteroatoms. The van der Waals surface area contributed by atoms with Gasteiger partial charge >= 0.3 is 19.8 Å². The molecule has 0 spiro atoms. The van der Waals surface area contributed by atoms with E-state index in [-0.39, 0.29) is 19.6 Å². The largest absolute Gasteiger partial charge is 0.472 e. The van der Waals surface area contributed by atoms with Crippen LogP contribution in [0.3, 0.4) is 0 Å². The summed E-state index contributed by atoms with van der Waals surface area (Å²) in [6.07, 6.45) is 12.0. The summed E-state index contributed by atoms with van der Waals surface area (Å²) in [5.74, 6) is -1.01. The summed E-state index contributed by atoms with van der Waals surface area (Å²) in [6, 6.07) is 0. The highest BCUT2D eigenvalue weighted by Crippen LogP contribution is 2.43. The lowest BCUT2D eigenvalue weighted by Crippen LogP contribution is -2.37. The van der Waals surface area contributed by atoms with Crippen molar-refractivity contribution in [2.75, 3.05) is 47.5 Å². The number of ether oxygens (including phenoxy) is 2. The number of rotatable bonds is 20. The molecule has 0 aliphatic heterocycles. The number of allylic oxidation sites excluding steroid dienone is 2. The summed E-state index contributed by atoms with van der Waals surface area (Å²) in [5.41, 5.74) is 0. The molecule has 0 fully saturated rings. The van der Waals surface area contributed by atoms with Gasteiger partial charge in [-0.15, -0.1) is 0 Å². The summed E-state index contributed by atoms with van der Waals surface area (Å²) in [7, 11) is 1.46. The fourth-order valence-corrected chi connectivity index (χ4v) is 3.42. The minimum Gasteiger partial charge on any atom is -0.462 e. The monoisotopic (exact) mass is 494 g/mol. The highest BCUT2D eigenvalue weighted by atomic mass is 31.2. The van der Waals surface area contributed by atoms with Crippen LogP contribution in [0.1, 0.15) is 71.6 Å². The van der Waals surface area contributed by atoms with Crippen LogP contribution in [0.4, 0.5) is 0 Å². The predicted molar refractivity (Wildman–Crippen MR) is 128 cm³/mol. The normalized spacial score (nSPS) is 14.7. The van der Waals surface area contributed by atoms with Crippen molar-refractivity contribution >= 4 is 19.8 Å². The van der Waals surface area contributed by atoms with Gasteiger partial charge in [0.05, 0.1) is 27.7 Å². The van der Waals surface area contributed by atoms with Crippen molar-refractivity contribution in [2.45, 2.75) is 77.7 Å². The summed E-state index contributed by atoms with van der Waals surface area (Å²) >= 11 is 0. The van der Waals surface area contributed by atoms with Crippen LogP contribution in [0.25, 0.3) is 0 Å². The van der Waals surface area contributed by atoms with Crippen LogP contribution in [0, 0.1) is 0 Å². The van der Waals surface area contributed by atoms with E-state index in [2.05, 4.69) is 19.1 Å². The van der Waals surface area contributed by atoms with Crippen molar-refractivity contribution in [3.8, 4) is 0 Å². The van der Waals surface area contributed by atoms with Gasteiger partial charge in [-0.3, -0.25) is 18.6 Å². The molecule has 0 aromatic heterocycles. The quantitative estimate of drug-likeness (QED) is 0.0873. The number of carbonyl (C=O) groups excluding carboxylic acids is 2. The average molecular weight is 495 g/mol. The number of esters is 2.